The van der Waals surface area contributed by atoms with Crippen LogP contribution in [0, 0.1) is 5.92 Å². The van der Waals surface area contributed by atoms with Crippen molar-refractivity contribution < 1.29 is 27.9 Å². The maximum absolute atomic E-state index is 12.9. The normalized spacial score (nSPS) is 16.2. The van der Waals surface area contributed by atoms with Gasteiger partial charge in [-0.25, -0.2) is 9.78 Å². The highest BCUT2D eigenvalue weighted by Gasteiger charge is 2.38. The number of nitrogens with zero attached hydrogens (tertiary/aromatic N) is 4. The van der Waals surface area contributed by atoms with E-state index < -0.39 is 12.1 Å². The Hall–Kier alpha value is -2.88. The van der Waals surface area contributed by atoms with Crippen LogP contribution in [-0.2, 0) is 29.1 Å². The molecular weight excluding hydrogens is 425 g/mol. The van der Waals surface area contributed by atoms with E-state index in [0.717, 1.165) is 31.0 Å². The van der Waals surface area contributed by atoms with E-state index in [1.165, 1.54) is 0 Å². The lowest BCUT2D eigenvalue weighted by molar-refractivity contribution is -0.192. The first kappa shape index (κ1) is 25.4. The van der Waals surface area contributed by atoms with Gasteiger partial charge in [0.2, 0.25) is 5.91 Å². The second kappa shape index (κ2) is 11.1. The summed E-state index contributed by atoms with van der Waals surface area (Å²) in [6.07, 6.45) is -0.763. The topological polar surface area (TPSA) is 78.7 Å². The van der Waals surface area contributed by atoms with Gasteiger partial charge in [-0.15, -0.1) is 0 Å². The van der Waals surface area contributed by atoms with E-state index >= 15 is 0 Å². The Morgan fingerprint density at radius 2 is 1.84 bits per heavy atom. The maximum atomic E-state index is 12.9. The number of aliphatic carboxylic acids is 1. The lowest BCUT2D eigenvalue weighted by Crippen LogP contribution is -2.40. The molecule has 10 heteroatoms. The summed E-state index contributed by atoms with van der Waals surface area (Å²) >= 11 is 0. The van der Waals surface area contributed by atoms with Crippen LogP contribution in [0.15, 0.2) is 42.7 Å². The summed E-state index contributed by atoms with van der Waals surface area (Å²) in [7, 11) is 2.15. The second-order valence-electron chi connectivity index (χ2n) is 8.13. The van der Waals surface area contributed by atoms with Crippen LogP contribution in [0.3, 0.4) is 0 Å². The van der Waals surface area contributed by atoms with Gasteiger partial charge in [0.25, 0.3) is 0 Å². The number of aromatic nitrogens is 2. The first-order valence-electron chi connectivity index (χ1n) is 10.3. The Balaban J connectivity index is 0.000000451. The number of fused-ring (bicyclic) bond motifs is 1. The third-order valence-electron chi connectivity index (χ3n) is 5.29. The first-order chi connectivity index (χ1) is 15.0. The van der Waals surface area contributed by atoms with Gasteiger partial charge in [-0.05, 0) is 26.5 Å². The number of carbonyl (C=O) groups is 2. The first-order valence-corrected chi connectivity index (χ1v) is 10.3. The maximum Gasteiger partial charge on any atom is 0.490 e. The molecule has 0 fully saturated rings. The van der Waals surface area contributed by atoms with E-state index in [9.17, 15) is 18.0 Å². The molecule has 1 aliphatic heterocycles. The summed E-state index contributed by atoms with van der Waals surface area (Å²) < 4.78 is 33.9. The van der Waals surface area contributed by atoms with Crippen molar-refractivity contribution in [3.63, 3.8) is 0 Å². The Bertz CT molecular complexity index is 884. The predicted molar refractivity (Wildman–Crippen MR) is 113 cm³/mol. The molecule has 2 heterocycles. The van der Waals surface area contributed by atoms with Gasteiger partial charge < -0.3 is 19.5 Å². The summed E-state index contributed by atoms with van der Waals surface area (Å²) in [5, 5.41) is 7.12. The third-order valence-corrected chi connectivity index (χ3v) is 5.29. The molecule has 1 N–H and O–H groups in total. The van der Waals surface area contributed by atoms with Gasteiger partial charge in [-0.2, -0.15) is 13.2 Å². The minimum atomic E-state index is -5.08. The van der Waals surface area contributed by atoms with Crippen molar-refractivity contribution in [1.82, 2.24) is 19.4 Å². The van der Waals surface area contributed by atoms with Gasteiger partial charge in [0.15, 0.2) is 0 Å². The van der Waals surface area contributed by atoms with Crippen LogP contribution in [0.5, 0.6) is 0 Å². The summed E-state index contributed by atoms with van der Waals surface area (Å²) in [5.74, 6) is -1.19. The quantitative estimate of drug-likeness (QED) is 0.751. The van der Waals surface area contributed by atoms with E-state index in [-0.39, 0.29) is 5.91 Å². The number of rotatable bonds is 5. The Labute approximate surface area is 185 Å². The number of hydrogen-bond acceptors (Lipinski definition) is 4. The van der Waals surface area contributed by atoms with Crippen LogP contribution < -0.4 is 0 Å². The number of hydrogen-bond donors (Lipinski definition) is 1. The number of carbonyl (C=O) groups excluding carboxylic acids is 1. The lowest BCUT2D eigenvalue weighted by atomic mass is 10.1. The summed E-state index contributed by atoms with van der Waals surface area (Å²) in [5.41, 5.74) is 1.07. The molecule has 176 valence electrons. The number of imidazole rings is 1. The van der Waals surface area contributed by atoms with E-state index in [0.29, 0.717) is 24.9 Å². The van der Waals surface area contributed by atoms with E-state index in [4.69, 9.17) is 9.90 Å². The largest absolute Gasteiger partial charge is 0.490 e. The molecule has 0 aliphatic carbocycles. The van der Waals surface area contributed by atoms with E-state index in [2.05, 4.69) is 35.3 Å². The van der Waals surface area contributed by atoms with E-state index in [1.54, 1.807) is 0 Å². The van der Waals surface area contributed by atoms with Crippen molar-refractivity contribution in [2.45, 2.75) is 45.6 Å². The van der Waals surface area contributed by atoms with Gasteiger partial charge >= 0.3 is 12.1 Å². The molecule has 0 radical (unpaired) electrons. The van der Waals surface area contributed by atoms with Gasteiger partial charge in [-0.1, -0.05) is 30.3 Å². The van der Waals surface area contributed by atoms with Crippen LogP contribution in [0.25, 0.3) is 0 Å². The molecule has 1 atom stereocenters. The van der Waals surface area contributed by atoms with Crippen LogP contribution >= 0.6 is 0 Å². The van der Waals surface area contributed by atoms with Crippen molar-refractivity contribution in [2.24, 2.45) is 5.92 Å². The standard InChI is InChI=1S/C20H28N4O.C2HF3O2/c1-16(2)22(3)12-18-13-23-10-9-21-19(23)15-24(14-18)20(25)11-17-7-5-4-6-8-17;3-2(4,5)1(6)7/h4-10,16,18H,11-15H2,1-3H3;(H,6,7). The number of benzene rings is 1. The van der Waals surface area contributed by atoms with Crippen LogP contribution in [0.1, 0.15) is 25.2 Å². The van der Waals surface area contributed by atoms with Gasteiger partial charge in [0.1, 0.15) is 5.82 Å². The van der Waals surface area contributed by atoms with Gasteiger partial charge in [0, 0.05) is 44.0 Å². The highest BCUT2D eigenvalue weighted by atomic mass is 19.4. The lowest BCUT2D eigenvalue weighted by Gasteiger charge is -2.29. The molecule has 7 nitrogen and oxygen atoms in total. The minimum absolute atomic E-state index is 0.180. The molecule has 0 saturated carbocycles. The molecule has 0 saturated heterocycles. The van der Waals surface area contributed by atoms with Crippen LogP contribution in [0.2, 0.25) is 0 Å². The van der Waals surface area contributed by atoms with Crippen molar-refractivity contribution in [2.75, 3.05) is 20.1 Å². The molecule has 0 bridgehead atoms. The minimum Gasteiger partial charge on any atom is -0.475 e. The molecule has 1 amide bonds. The monoisotopic (exact) mass is 454 g/mol. The Kier molecular flexibility index (Phi) is 8.82. The molecule has 1 aromatic carbocycles. The zero-order valence-electron chi connectivity index (χ0n) is 18.4. The van der Waals surface area contributed by atoms with Gasteiger partial charge in [0.05, 0.1) is 13.0 Å². The molecule has 3 rings (SSSR count). The van der Waals surface area contributed by atoms with Crippen LogP contribution in [-0.4, -0.2) is 68.7 Å². The molecule has 1 aliphatic rings. The molecule has 32 heavy (non-hydrogen) atoms. The molecular formula is C22H29F3N4O3. The van der Waals surface area contributed by atoms with Crippen molar-refractivity contribution in [1.29, 1.82) is 0 Å². The highest BCUT2D eigenvalue weighted by molar-refractivity contribution is 5.78. The Morgan fingerprint density at radius 3 is 2.41 bits per heavy atom. The second-order valence-corrected chi connectivity index (χ2v) is 8.13. The SMILES string of the molecule is CC(C)N(C)CC1CN(C(=O)Cc2ccccc2)Cc2nccn2C1.O=C(O)C(F)(F)F. The van der Waals surface area contributed by atoms with Crippen molar-refractivity contribution in [3.8, 4) is 0 Å². The summed E-state index contributed by atoms with van der Waals surface area (Å²) in [6.45, 7) is 7.69. The van der Waals surface area contributed by atoms with Crippen LogP contribution in [0.4, 0.5) is 13.2 Å². The number of halogens is 3. The smallest absolute Gasteiger partial charge is 0.475 e. The van der Waals surface area contributed by atoms with Crippen molar-refractivity contribution in [3.05, 3.63) is 54.1 Å². The fourth-order valence-electron chi connectivity index (χ4n) is 3.35. The number of carboxylic acid groups (broad SMARTS) is 1. The molecule has 1 aromatic heterocycles. The number of carboxylic acids is 1. The summed E-state index contributed by atoms with van der Waals surface area (Å²) in [6, 6.07) is 10.5. The average molecular weight is 454 g/mol. The van der Waals surface area contributed by atoms with Crippen molar-refractivity contribution >= 4 is 11.9 Å². The predicted octanol–water partition coefficient (Wildman–Crippen LogP) is 3.06. The molecule has 0 spiro atoms. The average Bonchev–Trinajstić information content (AvgIpc) is 3.06. The molecule has 2 aromatic rings. The highest BCUT2D eigenvalue weighted by Crippen LogP contribution is 2.18. The fraction of sp³-hybridized carbons (Fsp3) is 0.500. The molecule has 1 unspecified atom stereocenters. The Morgan fingerprint density at radius 1 is 1.22 bits per heavy atom. The number of alkyl halides is 3. The van der Waals surface area contributed by atoms with E-state index in [1.807, 2.05) is 47.6 Å². The number of amides is 1. The fourth-order valence-corrected chi connectivity index (χ4v) is 3.35. The third kappa shape index (κ3) is 7.67. The zero-order valence-corrected chi connectivity index (χ0v) is 18.4. The summed E-state index contributed by atoms with van der Waals surface area (Å²) in [4.78, 5) is 30.6. The van der Waals surface area contributed by atoms with Gasteiger partial charge in [-0.3, -0.25) is 4.79 Å². The zero-order chi connectivity index (χ0) is 23.9.